The molecule has 0 saturated heterocycles. The van der Waals surface area contributed by atoms with E-state index in [9.17, 15) is 0 Å². The van der Waals surface area contributed by atoms with Crippen molar-refractivity contribution in [1.82, 2.24) is 0 Å². The van der Waals surface area contributed by atoms with Gasteiger partial charge in [-0.1, -0.05) is 28.9 Å². The first kappa shape index (κ1) is 8.08. The molecule has 0 spiro atoms. The van der Waals surface area contributed by atoms with Crippen LogP contribution in [0.2, 0.25) is 5.02 Å². The molecule has 57 valence electrons. The van der Waals surface area contributed by atoms with Crippen molar-refractivity contribution in [2.75, 3.05) is 0 Å². The molecule has 0 aliphatic heterocycles. The zero-order valence-electron chi connectivity index (χ0n) is 5.83. The molecule has 1 aromatic carbocycles. The molecule has 0 N–H and O–H groups in total. The maximum atomic E-state index is 5.71. The first-order valence-electron chi connectivity index (χ1n) is 3.09. The Balaban J connectivity index is 2.63. The summed E-state index contributed by atoms with van der Waals surface area (Å²) in [6.07, 6.45) is 0. The summed E-state index contributed by atoms with van der Waals surface area (Å²) in [6, 6.07) is 7.33. The fourth-order valence-corrected chi connectivity index (χ4v) is 0.951. The number of hydrogen-bond donors (Lipinski definition) is 0. The molecule has 0 aromatic heterocycles. The van der Waals surface area contributed by atoms with Gasteiger partial charge in [-0.15, -0.1) is 0 Å². The van der Waals surface area contributed by atoms with E-state index >= 15 is 0 Å². The van der Waals surface area contributed by atoms with E-state index in [1.165, 1.54) is 0 Å². The van der Waals surface area contributed by atoms with Gasteiger partial charge < -0.3 is 4.84 Å². The van der Waals surface area contributed by atoms with Crippen molar-refractivity contribution in [2.45, 2.75) is 6.61 Å². The van der Waals surface area contributed by atoms with Gasteiger partial charge in [0.2, 0.25) is 0 Å². The molecule has 0 atom stereocenters. The van der Waals surface area contributed by atoms with E-state index < -0.39 is 0 Å². The minimum Gasteiger partial charge on any atom is -0.391 e. The van der Waals surface area contributed by atoms with Crippen LogP contribution in [0.3, 0.4) is 0 Å². The van der Waals surface area contributed by atoms with Crippen LogP contribution in [-0.4, -0.2) is 6.72 Å². The van der Waals surface area contributed by atoms with Crippen LogP contribution in [0, 0.1) is 0 Å². The topological polar surface area (TPSA) is 21.6 Å². The second-order valence-corrected chi connectivity index (χ2v) is 2.45. The third-order valence-electron chi connectivity index (χ3n) is 1.19. The van der Waals surface area contributed by atoms with Crippen LogP contribution in [0.4, 0.5) is 0 Å². The lowest BCUT2D eigenvalue weighted by molar-refractivity contribution is 0.133. The number of hydrogen-bond acceptors (Lipinski definition) is 2. The van der Waals surface area contributed by atoms with Gasteiger partial charge in [0.25, 0.3) is 0 Å². The summed E-state index contributed by atoms with van der Waals surface area (Å²) in [4.78, 5) is 4.62. The van der Waals surface area contributed by atoms with Gasteiger partial charge in [0.05, 0.1) is 6.72 Å². The molecule has 0 bridgehead atoms. The average Bonchev–Trinajstić information content (AvgIpc) is 2.01. The Kier molecular flexibility index (Phi) is 2.93. The highest BCUT2D eigenvalue weighted by atomic mass is 35.5. The molecule has 0 heterocycles. The maximum absolute atomic E-state index is 5.71. The molecular weight excluding hydrogens is 162 g/mol. The molecule has 11 heavy (non-hydrogen) atoms. The van der Waals surface area contributed by atoms with Gasteiger partial charge in [-0.2, -0.15) is 0 Å². The van der Waals surface area contributed by atoms with Gasteiger partial charge in [-0.05, 0) is 17.7 Å². The summed E-state index contributed by atoms with van der Waals surface area (Å²) in [5.41, 5.74) is 0.951. The Morgan fingerprint density at radius 3 is 3.00 bits per heavy atom. The lowest BCUT2D eigenvalue weighted by Crippen LogP contribution is -1.84. The highest BCUT2D eigenvalue weighted by Gasteiger charge is 1.92. The molecule has 0 aliphatic carbocycles. The lowest BCUT2D eigenvalue weighted by Gasteiger charge is -1.98. The highest BCUT2D eigenvalue weighted by molar-refractivity contribution is 6.30. The predicted molar refractivity (Wildman–Crippen MR) is 44.7 cm³/mol. The van der Waals surface area contributed by atoms with Crippen LogP contribution < -0.4 is 0 Å². The molecule has 1 radical (unpaired) electrons. The second kappa shape index (κ2) is 3.98. The van der Waals surface area contributed by atoms with Gasteiger partial charge >= 0.3 is 0 Å². The molecule has 2 nitrogen and oxygen atoms in total. The number of rotatable bonds is 3. The molecule has 0 aliphatic rings. The van der Waals surface area contributed by atoms with Gasteiger partial charge in [-0.3, -0.25) is 0 Å². The Hall–Kier alpha value is -1.02. The molecule has 0 unspecified atom stereocenters. The minimum atomic E-state index is 0.358. The van der Waals surface area contributed by atoms with Crippen molar-refractivity contribution in [3.8, 4) is 0 Å². The first-order valence-corrected chi connectivity index (χ1v) is 3.47. The van der Waals surface area contributed by atoms with Crippen LogP contribution in [0.1, 0.15) is 5.56 Å². The summed E-state index contributed by atoms with van der Waals surface area (Å²) >= 11 is 5.71. The predicted octanol–water partition coefficient (Wildman–Crippen LogP) is 2.35. The van der Waals surface area contributed by atoms with E-state index in [4.69, 9.17) is 18.3 Å². The van der Waals surface area contributed by atoms with E-state index in [2.05, 4.69) is 9.99 Å². The minimum absolute atomic E-state index is 0.358. The normalized spacial score (nSPS) is 9.18. The van der Waals surface area contributed by atoms with Crippen molar-refractivity contribution in [3.05, 3.63) is 34.9 Å². The zero-order valence-corrected chi connectivity index (χ0v) is 6.58. The van der Waals surface area contributed by atoms with Crippen molar-refractivity contribution in [2.24, 2.45) is 5.16 Å². The van der Waals surface area contributed by atoms with E-state index in [1.807, 2.05) is 12.1 Å². The number of benzene rings is 1. The summed E-state index contributed by atoms with van der Waals surface area (Å²) in [6.45, 7) is 5.14. The third-order valence-corrected chi connectivity index (χ3v) is 1.43. The van der Waals surface area contributed by atoms with Crippen LogP contribution in [0.25, 0.3) is 0 Å². The third kappa shape index (κ3) is 2.60. The average molecular weight is 169 g/mol. The zero-order chi connectivity index (χ0) is 8.10. The van der Waals surface area contributed by atoms with E-state index in [0.29, 0.717) is 11.6 Å². The second-order valence-electron chi connectivity index (χ2n) is 2.01. The molecular formula is C8H7ClNO. The van der Waals surface area contributed by atoms with Crippen LogP contribution in [0.5, 0.6) is 0 Å². The van der Waals surface area contributed by atoms with Crippen molar-refractivity contribution in [3.63, 3.8) is 0 Å². The summed E-state index contributed by atoms with van der Waals surface area (Å²) < 4.78 is 0. The summed E-state index contributed by atoms with van der Waals surface area (Å²) in [7, 11) is 0. The Morgan fingerprint density at radius 2 is 2.36 bits per heavy atom. The first-order chi connectivity index (χ1) is 5.33. The SMILES string of the molecule is [CH]=NOCc1cccc(Cl)c1. The van der Waals surface area contributed by atoms with Gasteiger partial charge in [-0.25, -0.2) is 0 Å². The lowest BCUT2D eigenvalue weighted by atomic mass is 10.2. The van der Waals surface area contributed by atoms with Crippen molar-refractivity contribution in [1.29, 1.82) is 0 Å². The number of halogens is 1. The van der Waals surface area contributed by atoms with E-state index in [-0.39, 0.29) is 0 Å². The van der Waals surface area contributed by atoms with Gasteiger partial charge in [0.1, 0.15) is 6.61 Å². The smallest absolute Gasteiger partial charge is 0.142 e. The maximum Gasteiger partial charge on any atom is 0.142 e. The standard InChI is InChI=1S/C8H7ClNO/c1-10-11-6-7-3-2-4-8(9)5-7/h1-5H,6H2. The molecule has 0 fully saturated rings. The van der Waals surface area contributed by atoms with Crippen molar-refractivity contribution < 1.29 is 4.84 Å². The molecule has 1 rings (SSSR count). The summed E-state index contributed by atoms with van der Waals surface area (Å²) in [5.74, 6) is 0. The monoisotopic (exact) mass is 168 g/mol. The summed E-state index contributed by atoms with van der Waals surface area (Å²) in [5, 5.41) is 3.70. The van der Waals surface area contributed by atoms with Crippen LogP contribution >= 0.6 is 11.6 Å². The van der Waals surface area contributed by atoms with Crippen LogP contribution in [0.15, 0.2) is 29.4 Å². The highest BCUT2D eigenvalue weighted by Crippen LogP contribution is 2.11. The molecule has 3 heteroatoms. The molecule has 0 amide bonds. The fourth-order valence-electron chi connectivity index (χ4n) is 0.739. The van der Waals surface area contributed by atoms with Crippen LogP contribution in [-0.2, 0) is 11.4 Å². The number of nitrogens with zero attached hydrogens (tertiary/aromatic N) is 1. The largest absolute Gasteiger partial charge is 0.391 e. The Labute approximate surface area is 70.4 Å². The Bertz CT molecular complexity index is 250. The quantitative estimate of drug-likeness (QED) is 0.502. The fraction of sp³-hybridized carbons (Fsp3) is 0.125. The Morgan fingerprint density at radius 1 is 1.55 bits per heavy atom. The molecule has 1 aromatic rings. The van der Waals surface area contributed by atoms with Crippen molar-refractivity contribution >= 4 is 18.3 Å². The van der Waals surface area contributed by atoms with E-state index in [0.717, 1.165) is 5.56 Å². The van der Waals surface area contributed by atoms with E-state index in [1.54, 1.807) is 12.1 Å². The van der Waals surface area contributed by atoms with Gasteiger partial charge in [0, 0.05) is 5.02 Å². The molecule has 0 saturated carbocycles. The van der Waals surface area contributed by atoms with Gasteiger partial charge in [0.15, 0.2) is 0 Å².